The van der Waals surface area contributed by atoms with Gasteiger partial charge < -0.3 is 24.7 Å². The number of unbranched alkanes of at least 4 members (excludes halogenated alkanes) is 2. The van der Waals surface area contributed by atoms with Gasteiger partial charge in [0.2, 0.25) is 5.88 Å². The minimum absolute atomic E-state index is 0.0137. The molecule has 0 spiro atoms. The molecular weight excluding hydrogens is 468 g/mol. The summed E-state index contributed by atoms with van der Waals surface area (Å²) < 4.78 is 22.7. The number of ether oxygens (including phenoxy) is 4. The summed E-state index contributed by atoms with van der Waals surface area (Å²) in [6.07, 6.45) is 3.25. The zero-order valence-electron chi connectivity index (χ0n) is 21.0. The molecule has 0 amide bonds. The Hall–Kier alpha value is -4.44. The van der Waals surface area contributed by atoms with Crippen LogP contribution >= 0.6 is 0 Å². The maximum Gasteiger partial charge on any atom is 0.343 e. The number of benzene rings is 3. The van der Waals surface area contributed by atoms with E-state index in [0.29, 0.717) is 47.3 Å². The predicted molar refractivity (Wildman–Crippen MR) is 140 cm³/mol. The van der Waals surface area contributed by atoms with Crippen LogP contribution in [0.2, 0.25) is 0 Å². The largest absolute Gasteiger partial charge is 0.494 e. The van der Waals surface area contributed by atoms with Crippen molar-refractivity contribution in [3.05, 3.63) is 94.9 Å². The summed E-state index contributed by atoms with van der Waals surface area (Å²) in [5.74, 6) is 1.21. The van der Waals surface area contributed by atoms with Gasteiger partial charge >= 0.3 is 5.97 Å². The first kappa shape index (κ1) is 25.6. The maximum atomic E-state index is 12.7. The van der Waals surface area contributed by atoms with Crippen LogP contribution in [0.15, 0.2) is 78.2 Å². The normalized spacial score (nSPS) is 14.2. The lowest BCUT2D eigenvalue weighted by Gasteiger charge is -2.27. The first-order valence-electron chi connectivity index (χ1n) is 12.4. The molecule has 1 atom stereocenters. The monoisotopic (exact) mass is 498 g/mol. The Morgan fingerprint density at radius 2 is 1.76 bits per heavy atom. The first-order valence-corrected chi connectivity index (χ1v) is 12.4. The molecule has 0 bridgehead atoms. The summed E-state index contributed by atoms with van der Waals surface area (Å²) >= 11 is 0. The highest BCUT2D eigenvalue weighted by molar-refractivity contribution is 5.91. The number of rotatable bonds is 10. The van der Waals surface area contributed by atoms with Crippen molar-refractivity contribution in [2.45, 2.75) is 39.0 Å². The van der Waals surface area contributed by atoms with Crippen molar-refractivity contribution in [2.24, 2.45) is 5.73 Å². The summed E-state index contributed by atoms with van der Waals surface area (Å²) in [7, 11) is 0. The van der Waals surface area contributed by atoms with Crippen molar-refractivity contribution in [3.8, 4) is 29.1 Å². The molecule has 0 radical (unpaired) electrons. The van der Waals surface area contributed by atoms with E-state index in [1.54, 1.807) is 42.5 Å². The van der Waals surface area contributed by atoms with Crippen molar-refractivity contribution in [3.63, 3.8) is 0 Å². The molecule has 7 heteroatoms. The highest BCUT2D eigenvalue weighted by Crippen LogP contribution is 2.44. The van der Waals surface area contributed by atoms with Crippen LogP contribution < -0.4 is 24.7 Å². The molecule has 1 aliphatic heterocycles. The number of hydrogen-bond acceptors (Lipinski definition) is 7. The Morgan fingerprint density at radius 1 is 0.973 bits per heavy atom. The number of carbonyl (C=O) groups is 1. The van der Waals surface area contributed by atoms with Crippen LogP contribution in [0.4, 0.5) is 0 Å². The summed E-state index contributed by atoms with van der Waals surface area (Å²) in [5, 5.41) is 9.80. The van der Waals surface area contributed by atoms with E-state index in [-0.39, 0.29) is 5.88 Å². The molecule has 1 heterocycles. The third-order valence-corrected chi connectivity index (χ3v) is 6.01. The number of hydrogen-bond donors (Lipinski definition) is 1. The zero-order valence-corrected chi connectivity index (χ0v) is 21.0. The van der Waals surface area contributed by atoms with E-state index in [2.05, 4.69) is 13.0 Å². The van der Waals surface area contributed by atoms with Crippen LogP contribution in [-0.4, -0.2) is 19.2 Å². The number of fused-ring (bicyclic) bond motifs is 1. The summed E-state index contributed by atoms with van der Waals surface area (Å²) in [4.78, 5) is 12.7. The topological polar surface area (TPSA) is 104 Å². The lowest BCUT2D eigenvalue weighted by atomic mass is 9.83. The van der Waals surface area contributed by atoms with Crippen LogP contribution in [0.25, 0.3) is 0 Å². The second-order valence-corrected chi connectivity index (χ2v) is 8.60. The standard InChI is InChI=1S/C30H30N2O5/c1-3-5-6-16-35-22-12-10-20(11-13-22)30(33)36-24-14-15-25-27(18-24)37-29(32)26(19-31)28(25)21-8-7-9-23(17-21)34-4-2/h7-15,17-18,28H,3-6,16,32H2,1-2H3. The molecule has 0 saturated carbocycles. The fraction of sp³-hybridized carbons (Fsp3) is 0.267. The van der Waals surface area contributed by atoms with Gasteiger partial charge in [0.05, 0.1) is 24.7 Å². The molecule has 7 nitrogen and oxygen atoms in total. The quantitative estimate of drug-likeness (QED) is 0.205. The van der Waals surface area contributed by atoms with E-state index in [1.165, 1.54) is 0 Å². The molecule has 0 aliphatic carbocycles. The van der Waals surface area contributed by atoms with Crippen LogP contribution in [0, 0.1) is 11.3 Å². The Bertz CT molecular complexity index is 1320. The van der Waals surface area contributed by atoms with E-state index >= 15 is 0 Å². The third-order valence-electron chi connectivity index (χ3n) is 6.01. The van der Waals surface area contributed by atoms with Crippen LogP contribution in [-0.2, 0) is 0 Å². The molecule has 3 aromatic carbocycles. The van der Waals surface area contributed by atoms with Gasteiger partial charge in [-0.3, -0.25) is 0 Å². The first-order chi connectivity index (χ1) is 18.0. The van der Waals surface area contributed by atoms with Gasteiger partial charge in [-0.25, -0.2) is 4.79 Å². The van der Waals surface area contributed by atoms with Crippen LogP contribution in [0.1, 0.15) is 60.5 Å². The van der Waals surface area contributed by atoms with Gasteiger partial charge in [0.15, 0.2) is 0 Å². The molecule has 0 saturated heterocycles. The molecule has 0 aromatic heterocycles. The molecule has 0 fully saturated rings. The van der Waals surface area contributed by atoms with E-state index < -0.39 is 11.9 Å². The Morgan fingerprint density at radius 3 is 2.49 bits per heavy atom. The highest BCUT2D eigenvalue weighted by Gasteiger charge is 2.31. The lowest BCUT2D eigenvalue weighted by Crippen LogP contribution is -2.21. The SMILES string of the molecule is CCCCCOc1ccc(C(=O)Oc2ccc3c(c2)OC(N)=C(C#N)C3c2cccc(OCC)c2)cc1. The van der Waals surface area contributed by atoms with E-state index in [9.17, 15) is 10.1 Å². The fourth-order valence-electron chi connectivity index (χ4n) is 4.19. The smallest absolute Gasteiger partial charge is 0.343 e. The summed E-state index contributed by atoms with van der Waals surface area (Å²) in [6, 6.07) is 21.7. The molecule has 37 heavy (non-hydrogen) atoms. The minimum atomic E-state index is -0.504. The fourth-order valence-corrected chi connectivity index (χ4v) is 4.19. The molecule has 2 N–H and O–H groups in total. The van der Waals surface area contributed by atoms with Crippen molar-refractivity contribution < 1.29 is 23.7 Å². The molecular formula is C30H30N2O5. The molecule has 3 aromatic rings. The Balaban J connectivity index is 1.53. The highest BCUT2D eigenvalue weighted by atomic mass is 16.5. The van der Waals surface area contributed by atoms with Gasteiger partial charge in [-0.2, -0.15) is 5.26 Å². The number of esters is 1. The number of allylic oxidation sites excluding steroid dienone is 1. The number of nitriles is 1. The van der Waals surface area contributed by atoms with Crippen molar-refractivity contribution in [2.75, 3.05) is 13.2 Å². The van der Waals surface area contributed by atoms with Crippen molar-refractivity contribution >= 4 is 5.97 Å². The van der Waals surface area contributed by atoms with Gasteiger partial charge in [0, 0.05) is 11.6 Å². The van der Waals surface area contributed by atoms with Gasteiger partial charge in [-0.05, 0) is 61.4 Å². The minimum Gasteiger partial charge on any atom is -0.494 e. The van der Waals surface area contributed by atoms with E-state index in [1.807, 2.05) is 31.2 Å². The maximum absolute atomic E-state index is 12.7. The second kappa shape index (κ2) is 12.0. The number of carbonyl (C=O) groups excluding carboxylic acids is 1. The van der Waals surface area contributed by atoms with Gasteiger partial charge in [-0.15, -0.1) is 0 Å². The van der Waals surface area contributed by atoms with Crippen molar-refractivity contribution in [1.82, 2.24) is 0 Å². The van der Waals surface area contributed by atoms with Gasteiger partial charge in [0.1, 0.15) is 34.6 Å². The molecule has 1 unspecified atom stereocenters. The molecule has 1 aliphatic rings. The average molecular weight is 499 g/mol. The second-order valence-electron chi connectivity index (χ2n) is 8.60. The summed E-state index contributed by atoms with van der Waals surface area (Å²) in [5.41, 5.74) is 8.41. The van der Waals surface area contributed by atoms with E-state index in [4.69, 9.17) is 24.7 Å². The number of nitrogens with two attached hydrogens (primary N) is 1. The van der Waals surface area contributed by atoms with Crippen LogP contribution in [0.3, 0.4) is 0 Å². The van der Waals surface area contributed by atoms with Crippen LogP contribution in [0.5, 0.6) is 23.0 Å². The average Bonchev–Trinajstić information content (AvgIpc) is 2.91. The predicted octanol–water partition coefficient (Wildman–Crippen LogP) is 6.09. The van der Waals surface area contributed by atoms with Gasteiger partial charge in [0.25, 0.3) is 0 Å². The lowest BCUT2D eigenvalue weighted by molar-refractivity contribution is 0.0734. The Kier molecular flexibility index (Phi) is 8.32. The zero-order chi connectivity index (χ0) is 26.2. The third kappa shape index (κ3) is 6.04. The van der Waals surface area contributed by atoms with E-state index in [0.717, 1.165) is 30.4 Å². The van der Waals surface area contributed by atoms with Crippen molar-refractivity contribution in [1.29, 1.82) is 5.26 Å². The summed E-state index contributed by atoms with van der Waals surface area (Å²) in [6.45, 7) is 5.23. The van der Waals surface area contributed by atoms with Gasteiger partial charge in [-0.1, -0.05) is 38.0 Å². The number of nitrogens with zero attached hydrogens (tertiary/aromatic N) is 1. The molecule has 190 valence electrons. The Labute approximate surface area is 217 Å². The molecule has 4 rings (SSSR count).